The van der Waals surface area contributed by atoms with E-state index in [2.05, 4.69) is 20.8 Å². The molecule has 0 atom stereocenters. The van der Waals surface area contributed by atoms with Gasteiger partial charge in [-0.2, -0.15) is 5.10 Å². The zero-order chi connectivity index (χ0) is 31.7. The van der Waals surface area contributed by atoms with Crippen LogP contribution in [0.15, 0.2) is 112 Å². The first-order valence-electron chi connectivity index (χ1n) is 15.2. The molecule has 0 radical (unpaired) electrons. The first kappa shape index (κ1) is 31.2. The average molecular weight is 609 g/mol. The van der Waals surface area contributed by atoms with E-state index in [4.69, 9.17) is 9.84 Å². The second-order valence-corrected chi connectivity index (χ2v) is 14.1. The molecule has 0 fully saturated rings. The fourth-order valence-corrected chi connectivity index (χ4v) is 6.56. The lowest BCUT2D eigenvalue weighted by atomic mass is 9.78. The Morgan fingerprint density at radius 3 is 1.70 bits per heavy atom. The molecular weight excluding hydrogens is 568 g/mol. The number of aromatic nitrogens is 2. The molecular formula is C37H40N2O4S. The highest BCUT2D eigenvalue weighted by Crippen LogP contribution is 2.33. The molecule has 0 bridgehead atoms. The molecule has 0 spiro atoms. The zero-order valence-electron chi connectivity index (χ0n) is 26.3. The molecule has 0 amide bonds. The van der Waals surface area contributed by atoms with E-state index in [1.807, 2.05) is 81.4 Å². The molecule has 44 heavy (non-hydrogen) atoms. The van der Waals surface area contributed by atoms with Crippen molar-refractivity contribution in [3.8, 4) is 22.8 Å². The van der Waals surface area contributed by atoms with Crippen LogP contribution in [0, 0.1) is 0 Å². The Kier molecular flexibility index (Phi) is 8.54. The number of fused-ring (bicyclic) bond motifs is 1. The number of rotatable bonds is 10. The lowest BCUT2D eigenvalue weighted by Gasteiger charge is -2.27. The third-order valence-electron chi connectivity index (χ3n) is 9.16. The smallest absolute Gasteiger partial charge is 0.275 e. The molecule has 1 heterocycles. The van der Waals surface area contributed by atoms with E-state index in [0.717, 1.165) is 41.5 Å². The maximum atomic E-state index is 13.3. The largest absolute Gasteiger partial charge is 0.457 e. The van der Waals surface area contributed by atoms with Crippen molar-refractivity contribution in [1.82, 2.24) is 9.78 Å². The number of hydrogen-bond acceptors (Lipinski definition) is 5. The van der Waals surface area contributed by atoms with Gasteiger partial charge in [-0.25, -0.2) is 13.1 Å². The zero-order valence-corrected chi connectivity index (χ0v) is 27.1. The van der Waals surface area contributed by atoms with Crippen LogP contribution in [0.3, 0.4) is 0 Å². The quantitative estimate of drug-likeness (QED) is 0.158. The van der Waals surface area contributed by atoms with E-state index in [0.29, 0.717) is 16.9 Å². The first-order valence-corrected chi connectivity index (χ1v) is 16.7. The molecule has 5 rings (SSSR count). The van der Waals surface area contributed by atoms with Crippen LogP contribution in [-0.2, 0) is 20.8 Å². The SMILES string of the molecule is CCC(C)(CC)c1ccc(S(=O)(=O)c2ccc(Oc3ccc(-c4nn(C(C)(C)CC)c(=O)c5ccccc45)cc3)cc2)cc1. The molecule has 228 valence electrons. The summed E-state index contributed by atoms with van der Waals surface area (Å²) in [5, 5.41) is 6.24. The van der Waals surface area contributed by atoms with Crippen molar-refractivity contribution in [2.24, 2.45) is 0 Å². The van der Waals surface area contributed by atoms with Crippen molar-refractivity contribution < 1.29 is 13.2 Å². The number of ether oxygens (including phenoxy) is 1. The predicted octanol–water partition coefficient (Wildman–Crippen LogP) is 8.91. The highest BCUT2D eigenvalue weighted by molar-refractivity contribution is 7.91. The van der Waals surface area contributed by atoms with E-state index in [-0.39, 0.29) is 20.8 Å². The molecule has 7 heteroatoms. The molecule has 0 aliphatic heterocycles. The van der Waals surface area contributed by atoms with Crippen molar-refractivity contribution in [1.29, 1.82) is 0 Å². The molecule has 0 unspecified atom stereocenters. The monoisotopic (exact) mass is 608 g/mol. The summed E-state index contributed by atoms with van der Waals surface area (Å²) in [6, 6.07) is 28.8. The Morgan fingerprint density at radius 2 is 1.18 bits per heavy atom. The van der Waals surface area contributed by atoms with Gasteiger partial charge >= 0.3 is 0 Å². The second-order valence-electron chi connectivity index (χ2n) is 12.2. The van der Waals surface area contributed by atoms with E-state index in [9.17, 15) is 13.2 Å². The minimum absolute atomic E-state index is 0.0270. The van der Waals surface area contributed by atoms with Crippen molar-refractivity contribution in [2.75, 3.05) is 0 Å². The lowest BCUT2D eigenvalue weighted by molar-refractivity contribution is 0.296. The van der Waals surface area contributed by atoms with Gasteiger partial charge in [0.15, 0.2) is 0 Å². The van der Waals surface area contributed by atoms with Gasteiger partial charge in [-0.15, -0.1) is 0 Å². The van der Waals surface area contributed by atoms with Gasteiger partial charge in [0.2, 0.25) is 9.84 Å². The molecule has 0 aliphatic rings. The summed E-state index contributed by atoms with van der Waals surface area (Å²) in [5.74, 6) is 1.12. The van der Waals surface area contributed by atoms with Crippen LogP contribution in [0.2, 0.25) is 0 Å². The summed E-state index contributed by atoms with van der Waals surface area (Å²) in [5.41, 5.74) is 2.22. The number of benzene rings is 4. The van der Waals surface area contributed by atoms with Gasteiger partial charge in [-0.05, 0) is 111 Å². The summed E-state index contributed by atoms with van der Waals surface area (Å²) < 4.78 is 34.3. The maximum Gasteiger partial charge on any atom is 0.275 e. The lowest BCUT2D eigenvalue weighted by Crippen LogP contribution is -2.38. The Hall–Kier alpha value is -4.23. The van der Waals surface area contributed by atoms with E-state index in [1.165, 1.54) is 0 Å². The van der Waals surface area contributed by atoms with Crippen LogP contribution in [0.4, 0.5) is 0 Å². The van der Waals surface area contributed by atoms with Crippen molar-refractivity contribution in [3.05, 3.63) is 113 Å². The van der Waals surface area contributed by atoms with Gasteiger partial charge < -0.3 is 4.74 Å². The van der Waals surface area contributed by atoms with E-state index >= 15 is 0 Å². The summed E-state index contributed by atoms with van der Waals surface area (Å²) in [6.07, 6.45) is 2.73. The molecule has 0 saturated carbocycles. The molecule has 0 saturated heterocycles. The standard InChI is InChI=1S/C37H40N2O4S/c1-7-36(4,5)39-35(40)33-13-11-10-12-32(33)34(38-39)26-14-18-28(19-15-26)43-29-20-24-31(25-21-29)44(41,42)30-22-16-27(17-23-30)37(6,8-2)9-3/h10-25H,7-9H2,1-6H3. The number of sulfone groups is 1. The van der Waals surface area contributed by atoms with Crippen LogP contribution >= 0.6 is 0 Å². The van der Waals surface area contributed by atoms with Crippen LogP contribution < -0.4 is 10.3 Å². The summed E-state index contributed by atoms with van der Waals surface area (Å²) >= 11 is 0. The topological polar surface area (TPSA) is 78.3 Å². The Bertz CT molecular complexity index is 1940. The number of nitrogens with zero attached hydrogens (tertiary/aromatic N) is 2. The fraction of sp³-hybridized carbons (Fsp3) is 0.297. The highest BCUT2D eigenvalue weighted by Gasteiger charge is 2.25. The molecule has 0 aliphatic carbocycles. The minimum Gasteiger partial charge on any atom is -0.457 e. The van der Waals surface area contributed by atoms with Crippen molar-refractivity contribution in [3.63, 3.8) is 0 Å². The van der Waals surface area contributed by atoms with Crippen molar-refractivity contribution in [2.45, 2.75) is 81.5 Å². The van der Waals surface area contributed by atoms with E-state index in [1.54, 1.807) is 41.1 Å². The van der Waals surface area contributed by atoms with Gasteiger partial charge in [0, 0.05) is 10.9 Å². The third kappa shape index (κ3) is 5.81. The normalized spacial score (nSPS) is 12.4. The summed E-state index contributed by atoms with van der Waals surface area (Å²) in [7, 11) is -3.66. The maximum absolute atomic E-state index is 13.3. The van der Waals surface area contributed by atoms with Crippen LogP contribution in [0.1, 0.15) is 66.4 Å². The molecule has 5 aromatic rings. The second kappa shape index (κ2) is 12.0. The van der Waals surface area contributed by atoms with Crippen LogP contribution in [-0.4, -0.2) is 18.2 Å². The highest BCUT2D eigenvalue weighted by atomic mass is 32.2. The molecule has 4 aromatic carbocycles. The van der Waals surface area contributed by atoms with Crippen molar-refractivity contribution >= 4 is 20.6 Å². The summed E-state index contributed by atoms with van der Waals surface area (Å²) in [4.78, 5) is 13.7. The van der Waals surface area contributed by atoms with E-state index < -0.39 is 15.4 Å². The molecule has 0 N–H and O–H groups in total. The molecule has 6 nitrogen and oxygen atoms in total. The van der Waals surface area contributed by atoms with Gasteiger partial charge in [0.25, 0.3) is 5.56 Å². The van der Waals surface area contributed by atoms with Crippen LogP contribution in [0.5, 0.6) is 11.5 Å². The Morgan fingerprint density at radius 1 is 0.682 bits per heavy atom. The van der Waals surface area contributed by atoms with Gasteiger partial charge in [0.05, 0.1) is 26.4 Å². The van der Waals surface area contributed by atoms with Crippen LogP contribution in [0.25, 0.3) is 22.0 Å². The fourth-order valence-electron chi connectivity index (χ4n) is 5.30. The Labute approximate surface area is 260 Å². The Balaban J connectivity index is 1.37. The third-order valence-corrected chi connectivity index (χ3v) is 10.9. The predicted molar refractivity (Wildman–Crippen MR) is 177 cm³/mol. The summed E-state index contributed by atoms with van der Waals surface area (Å²) in [6.45, 7) is 12.6. The molecule has 1 aromatic heterocycles. The van der Waals surface area contributed by atoms with Gasteiger partial charge in [-0.3, -0.25) is 4.79 Å². The minimum atomic E-state index is -3.66. The van der Waals surface area contributed by atoms with Gasteiger partial charge in [0.1, 0.15) is 11.5 Å². The average Bonchev–Trinajstić information content (AvgIpc) is 3.05. The van der Waals surface area contributed by atoms with Gasteiger partial charge in [-0.1, -0.05) is 58.0 Å². The first-order chi connectivity index (χ1) is 20.9. The number of hydrogen-bond donors (Lipinski definition) is 0.